The lowest BCUT2D eigenvalue weighted by molar-refractivity contribution is -0.384. The molecule has 0 aliphatic carbocycles. The topological polar surface area (TPSA) is 60.2 Å². The van der Waals surface area contributed by atoms with Crippen LogP contribution in [0.4, 0.5) is 5.69 Å². The zero-order chi connectivity index (χ0) is 14.9. The third-order valence-electron chi connectivity index (χ3n) is 2.92. The molecule has 0 N–H and O–H groups in total. The van der Waals surface area contributed by atoms with Crippen molar-refractivity contribution in [3.05, 3.63) is 73.2 Å². The standard InChI is InChI=1S/C14H9Cl2NO3/c1-8-10(3-2-4-12(8)15)14(18)11-6-5-9(17(19)20)7-13(11)16/h2-7H,1H3. The van der Waals surface area contributed by atoms with Gasteiger partial charge < -0.3 is 0 Å². The van der Waals surface area contributed by atoms with E-state index in [2.05, 4.69) is 0 Å². The van der Waals surface area contributed by atoms with Crippen LogP contribution in [-0.2, 0) is 0 Å². The van der Waals surface area contributed by atoms with Gasteiger partial charge in [0.05, 0.1) is 9.95 Å². The highest BCUT2D eigenvalue weighted by Crippen LogP contribution is 2.27. The number of non-ortho nitro benzene ring substituents is 1. The molecule has 0 radical (unpaired) electrons. The predicted octanol–water partition coefficient (Wildman–Crippen LogP) is 4.44. The molecule has 0 atom stereocenters. The van der Waals surface area contributed by atoms with Crippen LogP contribution in [0.25, 0.3) is 0 Å². The van der Waals surface area contributed by atoms with E-state index in [1.54, 1.807) is 25.1 Å². The van der Waals surface area contributed by atoms with Crippen LogP contribution in [0.2, 0.25) is 10.0 Å². The van der Waals surface area contributed by atoms with Gasteiger partial charge in [-0.3, -0.25) is 14.9 Å². The molecule has 0 bridgehead atoms. The first-order valence-electron chi connectivity index (χ1n) is 5.65. The number of carbonyl (C=O) groups excluding carboxylic acids is 1. The van der Waals surface area contributed by atoms with E-state index < -0.39 is 4.92 Å². The van der Waals surface area contributed by atoms with Crippen LogP contribution in [0.15, 0.2) is 36.4 Å². The maximum atomic E-state index is 12.4. The lowest BCUT2D eigenvalue weighted by Gasteiger charge is -2.07. The van der Waals surface area contributed by atoms with Gasteiger partial charge in [-0.1, -0.05) is 35.3 Å². The zero-order valence-electron chi connectivity index (χ0n) is 10.4. The Kier molecular flexibility index (Phi) is 4.06. The molecule has 0 spiro atoms. The van der Waals surface area contributed by atoms with Crippen molar-refractivity contribution in [2.24, 2.45) is 0 Å². The Balaban J connectivity index is 2.49. The molecular formula is C14H9Cl2NO3. The van der Waals surface area contributed by atoms with Crippen molar-refractivity contribution < 1.29 is 9.72 Å². The molecule has 0 aromatic heterocycles. The average molecular weight is 310 g/mol. The smallest absolute Gasteiger partial charge is 0.270 e. The molecule has 4 nitrogen and oxygen atoms in total. The zero-order valence-corrected chi connectivity index (χ0v) is 11.9. The molecule has 0 heterocycles. The third-order valence-corrected chi connectivity index (χ3v) is 3.64. The first kappa shape index (κ1) is 14.5. The summed E-state index contributed by atoms with van der Waals surface area (Å²) < 4.78 is 0. The number of hydrogen-bond acceptors (Lipinski definition) is 3. The van der Waals surface area contributed by atoms with Gasteiger partial charge >= 0.3 is 0 Å². The highest BCUT2D eigenvalue weighted by molar-refractivity contribution is 6.36. The largest absolute Gasteiger partial charge is 0.289 e. The number of halogens is 2. The van der Waals surface area contributed by atoms with Crippen LogP contribution < -0.4 is 0 Å². The number of nitro groups is 1. The molecule has 0 amide bonds. The minimum Gasteiger partial charge on any atom is -0.289 e. The van der Waals surface area contributed by atoms with Crippen molar-refractivity contribution in [2.75, 3.05) is 0 Å². The van der Waals surface area contributed by atoms with Gasteiger partial charge in [0.25, 0.3) is 5.69 Å². The van der Waals surface area contributed by atoms with Gasteiger partial charge in [0.1, 0.15) is 0 Å². The van der Waals surface area contributed by atoms with Crippen molar-refractivity contribution in [2.45, 2.75) is 6.92 Å². The maximum absolute atomic E-state index is 12.4. The molecule has 0 saturated carbocycles. The summed E-state index contributed by atoms with van der Waals surface area (Å²) in [6.45, 7) is 1.73. The number of hydrogen-bond donors (Lipinski definition) is 0. The van der Waals surface area contributed by atoms with E-state index in [0.717, 1.165) is 6.07 Å². The summed E-state index contributed by atoms with van der Waals surface area (Å²) in [5.41, 5.74) is 1.12. The van der Waals surface area contributed by atoms with Gasteiger partial charge in [-0.2, -0.15) is 0 Å². The van der Waals surface area contributed by atoms with Crippen molar-refractivity contribution in [3.8, 4) is 0 Å². The highest BCUT2D eigenvalue weighted by atomic mass is 35.5. The third kappa shape index (κ3) is 2.66. The molecule has 2 aromatic carbocycles. The van der Waals surface area contributed by atoms with Gasteiger partial charge in [0, 0.05) is 28.3 Å². The number of nitro benzene ring substituents is 1. The molecule has 6 heteroatoms. The summed E-state index contributed by atoms with van der Waals surface area (Å²) in [7, 11) is 0. The molecule has 0 aliphatic heterocycles. The Labute approximate surface area is 125 Å². The van der Waals surface area contributed by atoms with E-state index >= 15 is 0 Å². The molecule has 2 aromatic rings. The van der Waals surface area contributed by atoms with Gasteiger partial charge in [0.2, 0.25) is 0 Å². The normalized spacial score (nSPS) is 10.3. The summed E-state index contributed by atoms with van der Waals surface area (Å²) in [6, 6.07) is 8.76. The van der Waals surface area contributed by atoms with E-state index in [1.807, 2.05) is 0 Å². The second kappa shape index (κ2) is 5.61. The number of carbonyl (C=O) groups is 1. The fourth-order valence-electron chi connectivity index (χ4n) is 1.80. The summed E-state index contributed by atoms with van der Waals surface area (Å²) in [5.74, 6) is -0.315. The monoisotopic (exact) mass is 309 g/mol. The second-order valence-electron chi connectivity index (χ2n) is 4.16. The molecule has 0 fully saturated rings. The van der Waals surface area contributed by atoms with Crippen molar-refractivity contribution >= 4 is 34.7 Å². The predicted molar refractivity (Wildman–Crippen MR) is 77.7 cm³/mol. The van der Waals surface area contributed by atoms with Crippen LogP contribution in [0.3, 0.4) is 0 Å². The first-order chi connectivity index (χ1) is 9.41. The summed E-state index contributed by atoms with van der Waals surface area (Å²) >= 11 is 11.9. The van der Waals surface area contributed by atoms with Gasteiger partial charge in [-0.15, -0.1) is 0 Å². The van der Waals surface area contributed by atoms with Crippen LogP contribution >= 0.6 is 23.2 Å². The van der Waals surface area contributed by atoms with Crippen LogP contribution in [0, 0.1) is 17.0 Å². The Morgan fingerprint density at radius 1 is 1.10 bits per heavy atom. The van der Waals surface area contributed by atoms with E-state index in [-0.39, 0.29) is 22.1 Å². The van der Waals surface area contributed by atoms with E-state index in [4.69, 9.17) is 23.2 Å². The fourth-order valence-corrected chi connectivity index (χ4v) is 2.24. The molecule has 0 saturated heterocycles. The Morgan fingerprint density at radius 2 is 1.80 bits per heavy atom. The maximum Gasteiger partial charge on any atom is 0.270 e. The molecule has 0 aliphatic rings. The summed E-state index contributed by atoms with van der Waals surface area (Å²) in [4.78, 5) is 22.5. The number of ketones is 1. The van der Waals surface area contributed by atoms with E-state index in [1.165, 1.54) is 12.1 Å². The van der Waals surface area contributed by atoms with Crippen LogP contribution in [-0.4, -0.2) is 10.7 Å². The van der Waals surface area contributed by atoms with Crippen molar-refractivity contribution in [1.29, 1.82) is 0 Å². The van der Waals surface area contributed by atoms with Crippen LogP contribution in [0.1, 0.15) is 21.5 Å². The molecular weight excluding hydrogens is 301 g/mol. The average Bonchev–Trinajstić information content (AvgIpc) is 2.41. The first-order valence-corrected chi connectivity index (χ1v) is 6.41. The lowest BCUT2D eigenvalue weighted by atomic mass is 9.99. The van der Waals surface area contributed by atoms with Crippen molar-refractivity contribution in [1.82, 2.24) is 0 Å². The molecule has 102 valence electrons. The minimum atomic E-state index is -0.565. The van der Waals surface area contributed by atoms with E-state index in [0.29, 0.717) is 16.1 Å². The highest BCUT2D eigenvalue weighted by Gasteiger charge is 2.18. The van der Waals surface area contributed by atoms with Crippen molar-refractivity contribution in [3.63, 3.8) is 0 Å². The summed E-state index contributed by atoms with van der Waals surface area (Å²) in [5, 5.41) is 11.2. The summed E-state index contributed by atoms with van der Waals surface area (Å²) in [6.07, 6.45) is 0. The van der Waals surface area contributed by atoms with Gasteiger partial charge in [-0.25, -0.2) is 0 Å². The van der Waals surface area contributed by atoms with Gasteiger partial charge in [0.15, 0.2) is 5.78 Å². The molecule has 20 heavy (non-hydrogen) atoms. The number of benzene rings is 2. The Hall–Kier alpha value is -1.91. The molecule has 2 rings (SSSR count). The van der Waals surface area contributed by atoms with E-state index in [9.17, 15) is 14.9 Å². The SMILES string of the molecule is Cc1c(Cl)cccc1C(=O)c1ccc([N+](=O)[O-])cc1Cl. The second-order valence-corrected chi connectivity index (χ2v) is 4.98. The lowest BCUT2D eigenvalue weighted by Crippen LogP contribution is -2.05. The Bertz CT molecular complexity index is 714. The van der Waals surface area contributed by atoms with Gasteiger partial charge in [-0.05, 0) is 24.6 Å². The number of nitrogens with zero attached hydrogens (tertiary/aromatic N) is 1. The quantitative estimate of drug-likeness (QED) is 0.478. The minimum absolute atomic E-state index is 0.0450. The number of rotatable bonds is 3. The fraction of sp³-hybridized carbons (Fsp3) is 0.0714. The molecule has 0 unspecified atom stereocenters. The van der Waals surface area contributed by atoms with Crippen LogP contribution in [0.5, 0.6) is 0 Å². The Morgan fingerprint density at radius 3 is 2.40 bits per heavy atom.